The molecule has 25 heavy (non-hydrogen) atoms. The minimum Gasteiger partial charge on any atom is -0.463 e. The molecule has 6 heteroatoms. The summed E-state index contributed by atoms with van der Waals surface area (Å²) in [7, 11) is 0. The van der Waals surface area contributed by atoms with Crippen molar-refractivity contribution in [2.24, 2.45) is 0 Å². The lowest BCUT2D eigenvalue weighted by Gasteiger charge is -2.17. The third-order valence-corrected chi connectivity index (χ3v) is 3.32. The minimum atomic E-state index is -1.21. The van der Waals surface area contributed by atoms with Gasteiger partial charge < -0.3 is 14.0 Å². The Labute approximate surface area is 147 Å². The van der Waals surface area contributed by atoms with Gasteiger partial charge in [0.1, 0.15) is 0 Å². The van der Waals surface area contributed by atoms with Gasteiger partial charge in [0.05, 0.1) is 6.61 Å². The summed E-state index contributed by atoms with van der Waals surface area (Å²) in [5.41, 5.74) is 1.82. The van der Waals surface area contributed by atoms with Crippen molar-refractivity contribution in [2.45, 2.75) is 33.4 Å². The van der Waals surface area contributed by atoms with Crippen molar-refractivity contribution in [3.63, 3.8) is 0 Å². The smallest absolute Gasteiger partial charge is 0.355 e. The van der Waals surface area contributed by atoms with Gasteiger partial charge >= 0.3 is 11.9 Å². The van der Waals surface area contributed by atoms with E-state index in [9.17, 15) is 9.59 Å². The van der Waals surface area contributed by atoms with Gasteiger partial charge in [-0.1, -0.05) is 35.9 Å². The number of aromatic nitrogens is 2. The third-order valence-electron chi connectivity index (χ3n) is 3.32. The molecule has 0 radical (unpaired) electrons. The summed E-state index contributed by atoms with van der Waals surface area (Å²) in [4.78, 5) is 28.5. The maximum absolute atomic E-state index is 12.3. The molecule has 0 aliphatic rings. The zero-order valence-corrected chi connectivity index (χ0v) is 14.6. The maximum atomic E-state index is 12.3. The molecule has 1 aromatic carbocycles. The molecule has 2 rings (SSSR count). The van der Waals surface area contributed by atoms with Crippen LogP contribution < -0.4 is 0 Å². The molecule has 1 atom stereocenters. The fraction of sp³-hybridized carbons (Fsp3) is 0.316. The van der Waals surface area contributed by atoms with E-state index in [-0.39, 0.29) is 6.61 Å². The standard InChI is InChI=1S/C19H22N2O4/c1-4-24-19(23)17(25-16(22)12-14(2)3)18-20-10-11-21(18)13-15-8-6-5-7-9-15/h5-12,17H,4,13H2,1-3H3/t17-/m1/s1. The van der Waals surface area contributed by atoms with E-state index in [4.69, 9.17) is 9.47 Å². The molecule has 1 heterocycles. The van der Waals surface area contributed by atoms with Crippen LogP contribution in [0.2, 0.25) is 0 Å². The second kappa shape index (κ2) is 8.82. The predicted molar refractivity (Wildman–Crippen MR) is 92.7 cm³/mol. The normalized spacial score (nSPS) is 11.5. The Morgan fingerprint density at radius 3 is 2.60 bits per heavy atom. The fourth-order valence-electron chi connectivity index (χ4n) is 2.28. The van der Waals surface area contributed by atoms with Gasteiger partial charge in [-0.05, 0) is 26.3 Å². The van der Waals surface area contributed by atoms with Crippen LogP contribution in [0.4, 0.5) is 0 Å². The topological polar surface area (TPSA) is 70.4 Å². The quantitative estimate of drug-likeness (QED) is 0.571. The number of hydrogen-bond acceptors (Lipinski definition) is 5. The van der Waals surface area contributed by atoms with Crippen LogP contribution in [-0.4, -0.2) is 28.1 Å². The van der Waals surface area contributed by atoms with Gasteiger partial charge in [0.25, 0.3) is 6.10 Å². The molecule has 0 unspecified atom stereocenters. The first-order chi connectivity index (χ1) is 12.0. The van der Waals surface area contributed by atoms with Crippen LogP contribution in [0.15, 0.2) is 54.4 Å². The van der Waals surface area contributed by atoms with Gasteiger partial charge in [0, 0.05) is 25.0 Å². The number of carbonyl (C=O) groups excluding carboxylic acids is 2. The van der Waals surface area contributed by atoms with Crippen molar-refractivity contribution in [3.8, 4) is 0 Å². The molecular weight excluding hydrogens is 320 g/mol. The lowest BCUT2D eigenvalue weighted by molar-refractivity contribution is -0.166. The molecule has 0 aliphatic heterocycles. The van der Waals surface area contributed by atoms with E-state index in [0.717, 1.165) is 11.1 Å². The summed E-state index contributed by atoms with van der Waals surface area (Å²) in [6.07, 6.45) is 3.43. The van der Waals surface area contributed by atoms with E-state index in [0.29, 0.717) is 12.4 Å². The number of esters is 2. The second-order valence-electron chi connectivity index (χ2n) is 5.69. The third kappa shape index (κ3) is 5.31. The molecule has 1 aromatic heterocycles. The highest BCUT2D eigenvalue weighted by Gasteiger charge is 2.30. The summed E-state index contributed by atoms with van der Waals surface area (Å²) in [6.45, 7) is 5.94. The van der Waals surface area contributed by atoms with E-state index >= 15 is 0 Å². The first-order valence-electron chi connectivity index (χ1n) is 8.08. The first kappa shape index (κ1) is 18.4. The van der Waals surface area contributed by atoms with Crippen LogP contribution in [0.25, 0.3) is 0 Å². The zero-order valence-electron chi connectivity index (χ0n) is 14.6. The molecule has 0 bridgehead atoms. The Hall–Kier alpha value is -2.89. The lowest BCUT2D eigenvalue weighted by atomic mass is 10.2. The summed E-state index contributed by atoms with van der Waals surface area (Å²) < 4.78 is 12.1. The zero-order chi connectivity index (χ0) is 18.2. The van der Waals surface area contributed by atoms with Gasteiger partial charge in [-0.15, -0.1) is 0 Å². The highest BCUT2D eigenvalue weighted by molar-refractivity contribution is 5.86. The van der Waals surface area contributed by atoms with Gasteiger partial charge in [-0.3, -0.25) is 0 Å². The number of carbonyl (C=O) groups is 2. The Balaban J connectivity index is 2.28. The Morgan fingerprint density at radius 2 is 1.96 bits per heavy atom. The van der Waals surface area contributed by atoms with Crippen LogP contribution in [0.3, 0.4) is 0 Å². The van der Waals surface area contributed by atoms with Crippen molar-refractivity contribution in [1.82, 2.24) is 9.55 Å². The number of allylic oxidation sites excluding steroid dienone is 1. The van der Waals surface area contributed by atoms with E-state index < -0.39 is 18.0 Å². The molecule has 0 spiro atoms. The Kier molecular flexibility index (Phi) is 6.51. The first-order valence-corrected chi connectivity index (χ1v) is 8.08. The van der Waals surface area contributed by atoms with E-state index in [2.05, 4.69) is 4.98 Å². The molecule has 0 saturated carbocycles. The molecule has 2 aromatic rings. The van der Waals surface area contributed by atoms with Crippen LogP contribution in [0.1, 0.15) is 38.3 Å². The predicted octanol–water partition coefficient (Wildman–Crippen LogP) is 3.05. The summed E-state index contributed by atoms with van der Waals surface area (Å²) in [5.74, 6) is -0.913. The van der Waals surface area contributed by atoms with Crippen molar-refractivity contribution in [3.05, 3.63) is 65.8 Å². The average molecular weight is 342 g/mol. The molecule has 6 nitrogen and oxygen atoms in total. The molecule has 0 fully saturated rings. The van der Waals surface area contributed by atoms with E-state index in [1.165, 1.54) is 6.08 Å². The lowest BCUT2D eigenvalue weighted by Crippen LogP contribution is -2.25. The van der Waals surface area contributed by atoms with Crippen molar-refractivity contribution in [1.29, 1.82) is 0 Å². The maximum Gasteiger partial charge on any atom is 0.355 e. The van der Waals surface area contributed by atoms with Gasteiger partial charge in [0.15, 0.2) is 5.82 Å². The monoisotopic (exact) mass is 342 g/mol. The average Bonchev–Trinajstić information content (AvgIpc) is 3.01. The number of ether oxygens (including phenoxy) is 2. The highest BCUT2D eigenvalue weighted by Crippen LogP contribution is 2.20. The largest absolute Gasteiger partial charge is 0.463 e. The number of rotatable bonds is 7. The van der Waals surface area contributed by atoms with Crippen molar-refractivity contribution >= 4 is 11.9 Å². The van der Waals surface area contributed by atoms with Crippen LogP contribution in [0, 0.1) is 0 Å². The SMILES string of the molecule is CCOC(=O)[C@H](OC(=O)C=C(C)C)c1nccn1Cc1ccccc1. The van der Waals surface area contributed by atoms with Crippen LogP contribution in [-0.2, 0) is 25.6 Å². The van der Waals surface area contributed by atoms with Crippen LogP contribution in [0.5, 0.6) is 0 Å². The van der Waals surface area contributed by atoms with Gasteiger partial charge in [0.2, 0.25) is 0 Å². The molecule has 0 N–H and O–H groups in total. The minimum absolute atomic E-state index is 0.189. The fourth-order valence-corrected chi connectivity index (χ4v) is 2.28. The number of nitrogens with zero attached hydrogens (tertiary/aromatic N) is 2. The van der Waals surface area contributed by atoms with E-state index in [1.54, 1.807) is 37.7 Å². The van der Waals surface area contributed by atoms with Crippen molar-refractivity contribution in [2.75, 3.05) is 6.61 Å². The van der Waals surface area contributed by atoms with Gasteiger partial charge in [-0.25, -0.2) is 14.6 Å². The summed E-state index contributed by atoms with van der Waals surface area (Å²) in [6, 6.07) is 9.74. The number of hydrogen-bond donors (Lipinski definition) is 0. The van der Waals surface area contributed by atoms with Gasteiger partial charge in [-0.2, -0.15) is 0 Å². The molecule has 0 amide bonds. The molecule has 0 aliphatic carbocycles. The Morgan fingerprint density at radius 1 is 1.24 bits per heavy atom. The number of imidazole rings is 1. The van der Waals surface area contributed by atoms with E-state index in [1.807, 2.05) is 30.3 Å². The molecular formula is C19H22N2O4. The summed E-state index contributed by atoms with van der Waals surface area (Å²) >= 11 is 0. The second-order valence-corrected chi connectivity index (χ2v) is 5.69. The number of benzene rings is 1. The molecule has 132 valence electrons. The van der Waals surface area contributed by atoms with Crippen molar-refractivity contribution < 1.29 is 19.1 Å². The summed E-state index contributed by atoms with van der Waals surface area (Å²) in [5, 5.41) is 0. The van der Waals surface area contributed by atoms with Crippen LogP contribution >= 0.6 is 0 Å². The molecule has 0 saturated heterocycles. The Bertz CT molecular complexity index is 746. The highest BCUT2D eigenvalue weighted by atomic mass is 16.6.